The lowest BCUT2D eigenvalue weighted by atomic mass is 9.92. The first-order valence-corrected chi connectivity index (χ1v) is 12.0. The first-order chi connectivity index (χ1) is 17.8. The van der Waals surface area contributed by atoms with Crippen molar-refractivity contribution >= 4 is 11.7 Å². The Morgan fingerprint density at radius 1 is 1.00 bits per heavy atom. The van der Waals surface area contributed by atoms with E-state index in [2.05, 4.69) is 10.5 Å². The van der Waals surface area contributed by atoms with Crippen molar-refractivity contribution in [2.75, 3.05) is 0 Å². The van der Waals surface area contributed by atoms with E-state index in [9.17, 15) is 14.4 Å². The number of ether oxygens (including phenoxy) is 1. The average molecular weight is 500 g/mol. The number of nitrogens with one attached hydrogen (secondary N) is 1. The zero-order valence-corrected chi connectivity index (χ0v) is 21.0. The maximum atomic E-state index is 13.5. The van der Waals surface area contributed by atoms with Gasteiger partial charge in [0, 0.05) is 11.1 Å². The number of Topliss-reactive ketones (excluding diaryl/α,β-unsaturated/α-hetero) is 1. The molecule has 0 spiro atoms. The minimum Gasteiger partial charge on any atom is -0.489 e. The number of nitrogens with zero attached hydrogens (tertiary/aromatic N) is 2. The molecule has 4 rings (SSSR count). The summed E-state index contributed by atoms with van der Waals surface area (Å²) in [4.78, 5) is 39.8. The van der Waals surface area contributed by atoms with E-state index in [1.807, 2.05) is 50.2 Å². The molecule has 1 heterocycles. The molecule has 37 heavy (non-hydrogen) atoms. The summed E-state index contributed by atoms with van der Waals surface area (Å²) in [6, 6.07) is 25.3. The van der Waals surface area contributed by atoms with Crippen molar-refractivity contribution in [2.24, 2.45) is 5.92 Å². The van der Waals surface area contributed by atoms with Crippen LogP contribution in [-0.2, 0) is 17.1 Å². The number of hydrogen-bond donors (Lipinski definition) is 1. The smallest absolute Gasteiger partial charge is 0.444 e. The fraction of sp³-hybridized carbons (Fsp3) is 0.241. The summed E-state index contributed by atoms with van der Waals surface area (Å²) in [6.07, 6.45) is 0.152. The standard InChI is InChI=1S/C29H29N3O5/c1-20(2)18-29(21(3)33,32-26(31-37-28(32)35)23-13-8-5-9-14-23)30-27(34)24-15-10-16-25(17-24)36-19-22-11-6-4-7-12-22/h4-17,20H,18-19H2,1-3H3,(H,30,34). The molecule has 1 N–H and O–H groups in total. The lowest BCUT2D eigenvalue weighted by molar-refractivity contribution is -0.128. The minimum atomic E-state index is -1.71. The van der Waals surface area contributed by atoms with E-state index in [1.54, 1.807) is 48.5 Å². The van der Waals surface area contributed by atoms with E-state index in [0.29, 0.717) is 17.9 Å². The van der Waals surface area contributed by atoms with Crippen molar-refractivity contribution < 1.29 is 18.8 Å². The van der Waals surface area contributed by atoms with Gasteiger partial charge < -0.3 is 10.1 Å². The molecule has 1 aromatic heterocycles. The van der Waals surface area contributed by atoms with Gasteiger partial charge in [-0.25, -0.2) is 9.36 Å². The van der Waals surface area contributed by atoms with E-state index in [1.165, 1.54) is 6.92 Å². The maximum absolute atomic E-state index is 13.5. The summed E-state index contributed by atoms with van der Waals surface area (Å²) >= 11 is 0. The molecular formula is C29H29N3O5. The monoisotopic (exact) mass is 499 g/mol. The Bertz CT molecular complexity index is 1430. The molecule has 0 saturated carbocycles. The molecule has 190 valence electrons. The summed E-state index contributed by atoms with van der Waals surface area (Å²) in [5.41, 5.74) is 0.137. The number of hydrogen-bond acceptors (Lipinski definition) is 6. The third-order valence-electron chi connectivity index (χ3n) is 5.97. The van der Waals surface area contributed by atoms with Crippen molar-refractivity contribution in [1.82, 2.24) is 15.0 Å². The molecule has 8 nitrogen and oxygen atoms in total. The first kappa shape index (κ1) is 25.6. The second-order valence-electron chi connectivity index (χ2n) is 9.24. The van der Waals surface area contributed by atoms with E-state index in [-0.39, 0.29) is 23.7 Å². The normalized spacial score (nSPS) is 12.6. The second-order valence-corrected chi connectivity index (χ2v) is 9.24. The molecule has 0 saturated heterocycles. The van der Waals surface area contributed by atoms with Gasteiger partial charge in [-0.05, 0) is 43.0 Å². The van der Waals surface area contributed by atoms with Gasteiger partial charge in [-0.1, -0.05) is 85.7 Å². The molecule has 8 heteroatoms. The van der Waals surface area contributed by atoms with Crippen LogP contribution < -0.4 is 15.8 Å². The van der Waals surface area contributed by atoms with Gasteiger partial charge in [0.1, 0.15) is 12.4 Å². The van der Waals surface area contributed by atoms with Gasteiger partial charge in [0.05, 0.1) is 0 Å². The predicted octanol–water partition coefficient (Wildman–Crippen LogP) is 4.80. The van der Waals surface area contributed by atoms with E-state index >= 15 is 0 Å². The Morgan fingerprint density at radius 2 is 1.68 bits per heavy atom. The lowest BCUT2D eigenvalue weighted by Gasteiger charge is -2.34. The number of ketones is 1. The molecule has 0 aliphatic heterocycles. The van der Waals surface area contributed by atoms with Crippen molar-refractivity contribution in [2.45, 2.75) is 39.5 Å². The highest BCUT2D eigenvalue weighted by molar-refractivity contribution is 5.98. The van der Waals surface area contributed by atoms with Gasteiger partial charge in [0.25, 0.3) is 5.91 Å². The summed E-state index contributed by atoms with van der Waals surface area (Å²) in [6.45, 7) is 5.49. The van der Waals surface area contributed by atoms with Crippen LogP contribution in [0.5, 0.6) is 5.75 Å². The molecule has 1 atom stereocenters. The second kappa shape index (κ2) is 11.1. The van der Waals surface area contributed by atoms with E-state index in [4.69, 9.17) is 9.26 Å². The van der Waals surface area contributed by atoms with Gasteiger partial charge >= 0.3 is 5.76 Å². The topological polar surface area (TPSA) is 103 Å². The number of amides is 1. The highest BCUT2D eigenvalue weighted by Gasteiger charge is 2.44. The van der Waals surface area contributed by atoms with Gasteiger partial charge in [-0.15, -0.1) is 0 Å². The number of aromatic nitrogens is 2. The van der Waals surface area contributed by atoms with Crippen molar-refractivity contribution in [3.8, 4) is 17.1 Å². The zero-order valence-electron chi connectivity index (χ0n) is 21.0. The molecule has 4 aromatic rings. The Hall–Kier alpha value is -4.46. The fourth-order valence-corrected chi connectivity index (χ4v) is 4.26. The quantitative estimate of drug-likeness (QED) is 0.336. The van der Waals surface area contributed by atoms with Crippen LogP contribution in [0.15, 0.2) is 94.2 Å². The largest absolute Gasteiger partial charge is 0.489 e. The third kappa shape index (κ3) is 5.69. The van der Waals surface area contributed by atoms with Crippen LogP contribution in [0.2, 0.25) is 0 Å². The first-order valence-electron chi connectivity index (χ1n) is 12.0. The molecule has 3 aromatic carbocycles. The van der Waals surface area contributed by atoms with Gasteiger partial charge in [-0.2, -0.15) is 0 Å². The molecule has 0 bridgehead atoms. The maximum Gasteiger partial charge on any atom is 0.444 e. The van der Waals surface area contributed by atoms with Crippen LogP contribution in [0, 0.1) is 5.92 Å². The number of carbonyl (C=O) groups is 2. The molecule has 1 amide bonds. The SMILES string of the molecule is CC(=O)C(CC(C)C)(NC(=O)c1cccc(OCc2ccccc2)c1)n1c(-c2ccccc2)noc1=O. The molecule has 0 radical (unpaired) electrons. The molecule has 0 fully saturated rings. The number of rotatable bonds is 10. The van der Waals surface area contributed by atoms with Crippen LogP contribution >= 0.6 is 0 Å². The van der Waals surface area contributed by atoms with Crippen LogP contribution in [0.4, 0.5) is 0 Å². The van der Waals surface area contributed by atoms with Gasteiger partial charge in [-0.3, -0.25) is 14.1 Å². The van der Waals surface area contributed by atoms with Gasteiger partial charge in [0.2, 0.25) is 0 Å². The molecule has 0 aliphatic rings. The summed E-state index contributed by atoms with van der Waals surface area (Å²) in [5.74, 6) is -1.20. The summed E-state index contributed by atoms with van der Waals surface area (Å²) < 4.78 is 12.0. The average Bonchev–Trinajstić information content (AvgIpc) is 3.29. The molecule has 1 unspecified atom stereocenters. The predicted molar refractivity (Wildman–Crippen MR) is 139 cm³/mol. The van der Waals surface area contributed by atoms with Crippen LogP contribution in [0.1, 0.15) is 43.1 Å². The Morgan fingerprint density at radius 3 is 2.32 bits per heavy atom. The number of benzene rings is 3. The Kier molecular flexibility index (Phi) is 7.67. The summed E-state index contributed by atoms with van der Waals surface area (Å²) in [5, 5.41) is 6.79. The van der Waals surface area contributed by atoms with Crippen LogP contribution in [0.25, 0.3) is 11.4 Å². The van der Waals surface area contributed by atoms with Crippen LogP contribution in [0.3, 0.4) is 0 Å². The van der Waals surface area contributed by atoms with Crippen molar-refractivity contribution in [1.29, 1.82) is 0 Å². The summed E-state index contributed by atoms with van der Waals surface area (Å²) in [7, 11) is 0. The lowest BCUT2D eigenvalue weighted by Crippen LogP contribution is -2.59. The van der Waals surface area contributed by atoms with Crippen molar-refractivity contribution in [3.63, 3.8) is 0 Å². The Labute approximate surface area is 214 Å². The Balaban J connectivity index is 1.70. The molecular weight excluding hydrogens is 470 g/mol. The zero-order chi connectivity index (χ0) is 26.4. The highest BCUT2D eigenvalue weighted by Crippen LogP contribution is 2.29. The minimum absolute atomic E-state index is 0.0600. The highest BCUT2D eigenvalue weighted by atomic mass is 16.5. The van der Waals surface area contributed by atoms with Gasteiger partial charge in [0.15, 0.2) is 17.3 Å². The number of carbonyl (C=O) groups excluding carboxylic acids is 2. The van der Waals surface area contributed by atoms with Crippen molar-refractivity contribution in [3.05, 3.63) is 107 Å². The van der Waals surface area contributed by atoms with E-state index in [0.717, 1.165) is 10.1 Å². The fourth-order valence-electron chi connectivity index (χ4n) is 4.26. The van der Waals surface area contributed by atoms with Crippen LogP contribution in [-0.4, -0.2) is 21.4 Å². The molecule has 0 aliphatic carbocycles. The third-order valence-corrected chi connectivity index (χ3v) is 5.97. The van der Waals surface area contributed by atoms with E-state index < -0.39 is 23.1 Å².